The van der Waals surface area contributed by atoms with Gasteiger partial charge in [-0.1, -0.05) is 24.6 Å². The number of carboxylic acids is 1. The summed E-state index contributed by atoms with van der Waals surface area (Å²) in [6.07, 6.45) is 6.15. The lowest BCUT2D eigenvalue weighted by Crippen LogP contribution is -2.40. The van der Waals surface area contributed by atoms with Crippen LogP contribution in [0.3, 0.4) is 0 Å². The van der Waals surface area contributed by atoms with Gasteiger partial charge < -0.3 is 10.2 Å². The maximum Gasteiger partial charge on any atom is 0.335 e. The number of carboxylic acid groups (broad SMARTS) is 1. The molecule has 0 aromatic heterocycles. The van der Waals surface area contributed by atoms with Crippen LogP contribution < -0.4 is 0 Å². The fourth-order valence-corrected chi connectivity index (χ4v) is 3.55. The van der Waals surface area contributed by atoms with Crippen LogP contribution >= 0.6 is 0 Å². The van der Waals surface area contributed by atoms with Crippen LogP contribution in [-0.2, 0) is 4.79 Å². The van der Waals surface area contributed by atoms with Crippen molar-refractivity contribution in [2.24, 2.45) is 5.41 Å². The molecule has 4 nitrogen and oxygen atoms in total. The highest BCUT2D eigenvalue weighted by molar-refractivity contribution is 6.08. The number of ketones is 1. The number of carbonyl (C=O) groups is 2. The van der Waals surface area contributed by atoms with E-state index >= 15 is 0 Å². The van der Waals surface area contributed by atoms with Crippen LogP contribution in [0, 0.1) is 5.41 Å². The van der Waals surface area contributed by atoms with Crippen molar-refractivity contribution in [1.29, 1.82) is 0 Å². The SMILES string of the molecule is C[C@]12C/C(=C\c3ccc(C(=O)O)cc3)C(=O)C=C1CCC[C@@H]2O. The summed E-state index contributed by atoms with van der Waals surface area (Å²) in [4.78, 5) is 23.2. The standard InChI is InChI=1S/C19H20O4/c1-19-11-14(9-12-5-7-13(8-6-12)18(22)23)16(20)10-15(19)3-2-4-17(19)21/h5-10,17,21H,2-4,11H2,1H3,(H,22,23)/b14-9+/t17-,19-/m0/s1. The molecule has 4 heteroatoms. The number of aromatic carboxylic acids is 1. The predicted molar refractivity (Wildman–Crippen MR) is 87.1 cm³/mol. The van der Waals surface area contributed by atoms with Gasteiger partial charge in [0.05, 0.1) is 11.7 Å². The van der Waals surface area contributed by atoms with E-state index in [1.165, 1.54) is 12.1 Å². The molecule has 3 rings (SSSR count). The molecule has 1 saturated carbocycles. The van der Waals surface area contributed by atoms with Crippen LogP contribution in [0.2, 0.25) is 0 Å². The largest absolute Gasteiger partial charge is 0.478 e. The van der Waals surface area contributed by atoms with Crippen molar-refractivity contribution >= 4 is 17.8 Å². The molecule has 2 atom stereocenters. The first-order valence-corrected chi connectivity index (χ1v) is 7.87. The molecule has 0 spiro atoms. The second-order valence-electron chi connectivity index (χ2n) is 6.63. The molecule has 0 saturated heterocycles. The third-order valence-corrected chi connectivity index (χ3v) is 5.07. The number of benzene rings is 1. The Morgan fingerprint density at radius 2 is 2.00 bits per heavy atom. The highest BCUT2D eigenvalue weighted by Crippen LogP contribution is 2.48. The quantitative estimate of drug-likeness (QED) is 0.822. The molecule has 1 fully saturated rings. The third kappa shape index (κ3) is 2.86. The van der Waals surface area contributed by atoms with E-state index in [0.717, 1.165) is 30.4 Å². The Morgan fingerprint density at radius 3 is 2.65 bits per heavy atom. The molecular formula is C19H20O4. The van der Waals surface area contributed by atoms with Gasteiger partial charge in [0.15, 0.2) is 5.78 Å². The maximum atomic E-state index is 12.4. The number of carbonyl (C=O) groups excluding carboxylic acids is 1. The third-order valence-electron chi connectivity index (χ3n) is 5.07. The van der Waals surface area contributed by atoms with Crippen molar-refractivity contribution < 1.29 is 19.8 Å². The molecule has 2 aliphatic carbocycles. The van der Waals surface area contributed by atoms with Gasteiger partial charge in [-0.3, -0.25) is 4.79 Å². The van der Waals surface area contributed by atoms with Gasteiger partial charge in [0.1, 0.15) is 0 Å². The second-order valence-corrected chi connectivity index (χ2v) is 6.63. The van der Waals surface area contributed by atoms with Crippen molar-refractivity contribution in [2.75, 3.05) is 0 Å². The van der Waals surface area contributed by atoms with Gasteiger partial charge in [-0.05, 0) is 55.5 Å². The van der Waals surface area contributed by atoms with E-state index in [-0.39, 0.29) is 16.8 Å². The lowest BCUT2D eigenvalue weighted by atomic mass is 9.63. The number of hydrogen-bond acceptors (Lipinski definition) is 3. The molecule has 0 radical (unpaired) electrons. The Morgan fingerprint density at radius 1 is 1.30 bits per heavy atom. The maximum absolute atomic E-state index is 12.4. The van der Waals surface area contributed by atoms with Crippen molar-refractivity contribution in [3.8, 4) is 0 Å². The fourth-order valence-electron chi connectivity index (χ4n) is 3.55. The second kappa shape index (κ2) is 5.78. The highest BCUT2D eigenvalue weighted by atomic mass is 16.4. The van der Waals surface area contributed by atoms with E-state index in [4.69, 9.17) is 5.11 Å². The van der Waals surface area contributed by atoms with E-state index < -0.39 is 12.1 Å². The molecule has 23 heavy (non-hydrogen) atoms. The van der Waals surface area contributed by atoms with Gasteiger partial charge in [0.25, 0.3) is 0 Å². The summed E-state index contributed by atoms with van der Waals surface area (Å²) in [5, 5.41) is 19.3. The minimum absolute atomic E-state index is 0.00566. The summed E-state index contributed by atoms with van der Waals surface area (Å²) in [6, 6.07) is 6.45. The molecule has 2 N–H and O–H groups in total. The molecule has 0 bridgehead atoms. The lowest BCUT2D eigenvalue weighted by Gasteiger charge is -2.43. The summed E-state index contributed by atoms with van der Waals surface area (Å²) >= 11 is 0. The van der Waals surface area contributed by atoms with E-state index in [2.05, 4.69) is 0 Å². The number of fused-ring (bicyclic) bond motifs is 1. The van der Waals surface area contributed by atoms with Crippen molar-refractivity contribution in [3.05, 3.63) is 52.6 Å². The fraction of sp³-hybridized carbons (Fsp3) is 0.368. The Bertz CT molecular complexity index is 711. The summed E-state index contributed by atoms with van der Waals surface area (Å²) in [5.74, 6) is -0.975. The van der Waals surface area contributed by atoms with E-state index in [1.54, 1.807) is 24.3 Å². The molecule has 0 heterocycles. The predicted octanol–water partition coefficient (Wildman–Crippen LogP) is 3.22. The van der Waals surface area contributed by atoms with Gasteiger partial charge in [-0.25, -0.2) is 4.79 Å². The number of hydrogen-bond donors (Lipinski definition) is 2. The first-order valence-electron chi connectivity index (χ1n) is 7.87. The highest BCUT2D eigenvalue weighted by Gasteiger charge is 2.43. The molecule has 0 amide bonds. The summed E-state index contributed by atoms with van der Waals surface area (Å²) in [7, 11) is 0. The minimum Gasteiger partial charge on any atom is -0.478 e. The Hall–Kier alpha value is -2.20. The van der Waals surface area contributed by atoms with Crippen LogP contribution in [0.25, 0.3) is 6.08 Å². The van der Waals surface area contributed by atoms with E-state index in [1.807, 2.05) is 6.92 Å². The number of aliphatic hydroxyl groups excluding tert-OH is 1. The average molecular weight is 312 g/mol. The van der Waals surface area contributed by atoms with E-state index in [0.29, 0.717) is 12.0 Å². The number of rotatable bonds is 2. The topological polar surface area (TPSA) is 74.6 Å². The van der Waals surface area contributed by atoms with E-state index in [9.17, 15) is 14.7 Å². The molecule has 0 unspecified atom stereocenters. The smallest absolute Gasteiger partial charge is 0.335 e. The van der Waals surface area contributed by atoms with Crippen LogP contribution in [0.5, 0.6) is 0 Å². The number of allylic oxidation sites excluding steroid dienone is 2. The zero-order chi connectivity index (χ0) is 16.6. The zero-order valence-electron chi connectivity index (χ0n) is 13.1. The molecule has 120 valence electrons. The molecular weight excluding hydrogens is 292 g/mol. The first-order chi connectivity index (χ1) is 10.9. The van der Waals surface area contributed by atoms with Gasteiger partial charge >= 0.3 is 5.97 Å². The van der Waals surface area contributed by atoms with Crippen LogP contribution in [0.4, 0.5) is 0 Å². The number of aliphatic hydroxyl groups is 1. The zero-order valence-corrected chi connectivity index (χ0v) is 13.1. The molecule has 1 aromatic rings. The van der Waals surface area contributed by atoms with Crippen molar-refractivity contribution in [3.63, 3.8) is 0 Å². The lowest BCUT2D eigenvalue weighted by molar-refractivity contribution is -0.112. The Kier molecular flexibility index (Phi) is 3.94. The average Bonchev–Trinajstić information content (AvgIpc) is 2.51. The van der Waals surface area contributed by atoms with Gasteiger partial charge in [0.2, 0.25) is 0 Å². The molecule has 1 aromatic carbocycles. The monoisotopic (exact) mass is 312 g/mol. The van der Waals surface area contributed by atoms with Gasteiger partial charge in [0, 0.05) is 11.0 Å². The molecule has 0 aliphatic heterocycles. The van der Waals surface area contributed by atoms with Gasteiger partial charge in [-0.15, -0.1) is 0 Å². The summed E-state index contributed by atoms with van der Waals surface area (Å²) in [6.45, 7) is 2.02. The van der Waals surface area contributed by atoms with Crippen LogP contribution in [0.15, 0.2) is 41.5 Å². The first kappa shape index (κ1) is 15.7. The summed E-state index contributed by atoms with van der Waals surface area (Å²) < 4.78 is 0. The van der Waals surface area contributed by atoms with Crippen molar-refractivity contribution in [1.82, 2.24) is 0 Å². The summed E-state index contributed by atoms with van der Waals surface area (Å²) in [5.41, 5.74) is 2.38. The minimum atomic E-state index is -0.969. The van der Waals surface area contributed by atoms with Gasteiger partial charge in [-0.2, -0.15) is 0 Å². The van der Waals surface area contributed by atoms with Crippen LogP contribution in [-0.4, -0.2) is 28.1 Å². The normalized spacial score (nSPS) is 29.1. The van der Waals surface area contributed by atoms with Crippen molar-refractivity contribution in [2.45, 2.75) is 38.7 Å². The Balaban J connectivity index is 1.92. The van der Waals surface area contributed by atoms with Crippen LogP contribution in [0.1, 0.15) is 48.5 Å². The molecule has 2 aliphatic rings. The Labute approximate surface area is 135 Å².